The van der Waals surface area contributed by atoms with Gasteiger partial charge in [0.1, 0.15) is 6.10 Å². The van der Waals surface area contributed by atoms with Crippen LogP contribution in [0.3, 0.4) is 0 Å². The van der Waals surface area contributed by atoms with Gasteiger partial charge in [0.2, 0.25) is 11.5 Å². The predicted molar refractivity (Wildman–Crippen MR) is 98.2 cm³/mol. The van der Waals surface area contributed by atoms with Crippen molar-refractivity contribution < 1.29 is 64.7 Å². The monoisotopic (exact) mass is 452 g/mol. The maximum absolute atomic E-state index is 12.9. The number of carbonyl (C=O) groups is 2. The van der Waals surface area contributed by atoms with Crippen molar-refractivity contribution >= 4 is 11.9 Å². The smallest absolute Gasteiger partial charge is 0.339 e. The standard InChI is InChI=1S/C19H16O13/c20-6-1-4-9(13(24)11(6)22)10-5(2-7(21)12(23)14(10)25)18(28)32-16-8(31-17(4)27)3-30-19(29)15(16)26/h1-2,8,15-16,19-26,29H,3H2. The van der Waals surface area contributed by atoms with Crippen LogP contribution in [0.25, 0.3) is 11.1 Å². The average molecular weight is 452 g/mol. The highest BCUT2D eigenvalue weighted by Crippen LogP contribution is 2.53. The van der Waals surface area contributed by atoms with Crippen LogP contribution in [0.15, 0.2) is 12.1 Å². The molecule has 0 aromatic heterocycles. The van der Waals surface area contributed by atoms with Gasteiger partial charge in [0, 0.05) is 11.1 Å². The number of benzene rings is 2. The zero-order valence-corrected chi connectivity index (χ0v) is 15.8. The fourth-order valence-corrected chi connectivity index (χ4v) is 3.52. The minimum atomic E-state index is -1.87. The second-order valence-electron chi connectivity index (χ2n) is 7.06. The molecule has 4 rings (SSSR count). The highest BCUT2D eigenvalue weighted by atomic mass is 16.7. The number of aliphatic hydroxyl groups excluding tert-OH is 2. The van der Waals surface area contributed by atoms with E-state index in [9.17, 15) is 50.4 Å². The van der Waals surface area contributed by atoms with E-state index in [1.54, 1.807) is 0 Å². The average Bonchev–Trinajstić information content (AvgIpc) is 2.75. The maximum Gasteiger partial charge on any atom is 0.339 e. The Morgan fingerprint density at radius 3 is 1.69 bits per heavy atom. The van der Waals surface area contributed by atoms with Gasteiger partial charge in [0.15, 0.2) is 41.5 Å². The quantitative estimate of drug-likeness (QED) is 0.184. The van der Waals surface area contributed by atoms with Gasteiger partial charge in [-0.15, -0.1) is 0 Å². The molecule has 4 atom stereocenters. The van der Waals surface area contributed by atoms with Crippen molar-refractivity contribution in [1.29, 1.82) is 0 Å². The Balaban J connectivity index is 2.06. The largest absolute Gasteiger partial charge is 0.504 e. The summed E-state index contributed by atoms with van der Waals surface area (Å²) in [6.07, 6.45) is -6.79. The van der Waals surface area contributed by atoms with Crippen molar-refractivity contribution in [1.82, 2.24) is 0 Å². The number of carbonyl (C=O) groups excluding carboxylic acids is 2. The van der Waals surface area contributed by atoms with E-state index in [1.165, 1.54) is 0 Å². The molecule has 2 aliphatic rings. The third-order valence-electron chi connectivity index (χ3n) is 5.13. The van der Waals surface area contributed by atoms with Gasteiger partial charge in [-0.25, -0.2) is 9.59 Å². The summed E-state index contributed by atoms with van der Waals surface area (Å²) < 4.78 is 15.2. The molecule has 32 heavy (non-hydrogen) atoms. The highest BCUT2D eigenvalue weighted by Gasteiger charge is 2.46. The number of esters is 2. The van der Waals surface area contributed by atoms with Crippen LogP contribution >= 0.6 is 0 Å². The zero-order chi connectivity index (χ0) is 23.5. The Labute approximate surface area is 177 Å². The van der Waals surface area contributed by atoms with Crippen LogP contribution < -0.4 is 0 Å². The minimum absolute atomic E-state index is 0.522. The molecule has 4 unspecified atom stereocenters. The van der Waals surface area contributed by atoms with Gasteiger partial charge in [-0.3, -0.25) is 0 Å². The van der Waals surface area contributed by atoms with E-state index in [1.807, 2.05) is 0 Å². The topological polar surface area (TPSA) is 224 Å². The lowest BCUT2D eigenvalue weighted by atomic mass is 9.91. The van der Waals surface area contributed by atoms with Crippen LogP contribution in [0, 0.1) is 0 Å². The van der Waals surface area contributed by atoms with Crippen molar-refractivity contribution in [3.63, 3.8) is 0 Å². The first kappa shape index (κ1) is 21.3. The summed E-state index contributed by atoms with van der Waals surface area (Å²) >= 11 is 0. The van der Waals surface area contributed by atoms with Gasteiger partial charge in [0.05, 0.1) is 17.7 Å². The van der Waals surface area contributed by atoms with E-state index >= 15 is 0 Å². The molecule has 1 saturated heterocycles. The summed E-state index contributed by atoms with van der Waals surface area (Å²) in [5, 5.41) is 80.4. The van der Waals surface area contributed by atoms with Crippen LogP contribution in [0.5, 0.6) is 34.5 Å². The summed E-state index contributed by atoms with van der Waals surface area (Å²) in [5.41, 5.74) is -2.87. The molecule has 0 radical (unpaired) electrons. The van der Waals surface area contributed by atoms with Gasteiger partial charge >= 0.3 is 11.9 Å². The van der Waals surface area contributed by atoms with Gasteiger partial charge in [0.25, 0.3) is 0 Å². The summed E-state index contributed by atoms with van der Waals surface area (Å²) in [4.78, 5) is 25.8. The molecule has 13 nitrogen and oxygen atoms in total. The van der Waals surface area contributed by atoms with Crippen molar-refractivity contribution in [2.45, 2.75) is 24.6 Å². The molecular formula is C19H16O13. The number of phenolic OH excluding ortho intramolecular Hbond substituents is 6. The van der Waals surface area contributed by atoms with Crippen LogP contribution in [0.1, 0.15) is 20.7 Å². The molecule has 0 aliphatic carbocycles. The molecule has 13 heteroatoms. The minimum Gasteiger partial charge on any atom is -0.504 e. The van der Waals surface area contributed by atoms with Crippen LogP contribution in [0.2, 0.25) is 0 Å². The Kier molecular flexibility index (Phi) is 4.88. The normalized spacial score (nSPS) is 25.1. The summed E-state index contributed by atoms with van der Waals surface area (Å²) in [5.74, 6) is -9.19. The molecular weight excluding hydrogens is 436 g/mol. The second-order valence-corrected chi connectivity index (χ2v) is 7.06. The number of hydrogen-bond donors (Lipinski definition) is 8. The van der Waals surface area contributed by atoms with Gasteiger partial charge in [-0.1, -0.05) is 0 Å². The van der Waals surface area contributed by atoms with Crippen molar-refractivity contribution in [2.75, 3.05) is 6.61 Å². The van der Waals surface area contributed by atoms with E-state index in [4.69, 9.17) is 14.2 Å². The number of rotatable bonds is 0. The van der Waals surface area contributed by atoms with E-state index in [0.717, 1.165) is 0 Å². The van der Waals surface area contributed by atoms with E-state index < -0.39 is 99.9 Å². The number of aromatic hydroxyl groups is 6. The maximum atomic E-state index is 12.9. The van der Waals surface area contributed by atoms with Crippen molar-refractivity contribution in [3.8, 4) is 45.6 Å². The Hall–Kier alpha value is -3.94. The Bertz CT molecular complexity index is 1140. The van der Waals surface area contributed by atoms with Crippen LogP contribution in [0.4, 0.5) is 0 Å². The Morgan fingerprint density at radius 1 is 0.719 bits per heavy atom. The molecule has 170 valence electrons. The number of phenols is 6. The van der Waals surface area contributed by atoms with Gasteiger partial charge in [-0.2, -0.15) is 0 Å². The van der Waals surface area contributed by atoms with Gasteiger partial charge < -0.3 is 55.1 Å². The SMILES string of the molecule is O=C1OC2COC(O)C(O)C2OC(=O)c2cc(O)c(O)c(O)c2-c2c1cc(O)c(O)c2O. The summed E-state index contributed by atoms with van der Waals surface area (Å²) in [6, 6.07) is 1.31. The van der Waals surface area contributed by atoms with Crippen molar-refractivity contribution in [2.24, 2.45) is 0 Å². The van der Waals surface area contributed by atoms with E-state index in [-0.39, 0.29) is 0 Å². The fraction of sp³-hybridized carbons (Fsp3) is 0.263. The second kappa shape index (κ2) is 7.33. The van der Waals surface area contributed by atoms with Crippen molar-refractivity contribution in [3.05, 3.63) is 23.3 Å². The third kappa shape index (κ3) is 3.07. The van der Waals surface area contributed by atoms with Crippen LogP contribution in [-0.2, 0) is 14.2 Å². The predicted octanol–water partition coefficient (Wildman–Crippen LogP) is -0.639. The first-order chi connectivity index (χ1) is 15.0. The number of fused-ring (bicyclic) bond motifs is 4. The lowest BCUT2D eigenvalue weighted by molar-refractivity contribution is -0.251. The molecule has 0 bridgehead atoms. The number of aliphatic hydroxyl groups is 2. The Morgan fingerprint density at radius 2 is 1.19 bits per heavy atom. The summed E-state index contributed by atoms with van der Waals surface area (Å²) in [7, 11) is 0. The molecule has 0 saturated carbocycles. The first-order valence-corrected chi connectivity index (χ1v) is 8.98. The lowest BCUT2D eigenvalue weighted by Crippen LogP contribution is -2.56. The third-order valence-corrected chi connectivity index (χ3v) is 5.13. The van der Waals surface area contributed by atoms with E-state index in [0.29, 0.717) is 12.1 Å². The first-order valence-electron chi connectivity index (χ1n) is 8.98. The van der Waals surface area contributed by atoms with Crippen LogP contribution in [-0.4, -0.2) is 84.0 Å². The number of ether oxygens (including phenoxy) is 3. The fourth-order valence-electron chi connectivity index (χ4n) is 3.52. The molecule has 2 aromatic carbocycles. The molecule has 8 N–H and O–H groups in total. The van der Waals surface area contributed by atoms with Gasteiger partial charge in [-0.05, 0) is 12.1 Å². The summed E-state index contributed by atoms with van der Waals surface area (Å²) in [6.45, 7) is -0.522. The molecule has 0 amide bonds. The highest BCUT2D eigenvalue weighted by molar-refractivity contribution is 6.08. The lowest BCUT2D eigenvalue weighted by Gasteiger charge is -2.37. The molecule has 0 spiro atoms. The zero-order valence-electron chi connectivity index (χ0n) is 15.8. The number of hydrogen-bond acceptors (Lipinski definition) is 13. The molecule has 2 heterocycles. The molecule has 2 aromatic rings. The van der Waals surface area contributed by atoms with E-state index in [2.05, 4.69) is 0 Å². The molecule has 1 fully saturated rings. The molecule has 2 aliphatic heterocycles.